The number of urea groups is 1. The molecule has 0 saturated carbocycles. The van der Waals surface area contributed by atoms with Gasteiger partial charge in [-0.15, -0.1) is 0 Å². The van der Waals surface area contributed by atoms with Crippen LogP contribution < -0.4 is 15.4 Å². The molecule has 1 heterocycles. The Labute approximate surface area is 164 Å². The van der Waals surface area contributed by atoms with Gasteiger partial charge in [-0.05, 0) is 56.0 Å². The normalized spacial score (nSPS) is 15.1. The lowest BCUT2D eigenvalue weighted by molar-refractivity contribution is -0.115. The monoisotopic (exact) mass is 422 g/mol. The van der Waals surface area contributed by atoms with Crippen molar-refractivity contribution < 1.29 is 14.3 Å². The fourth-order valence-electron chi connectivity index (χ4n) is 2.95. The predicted octanol–water partition coefficient (Wildman–Crippen LogP) is 4.36. The summed E-state index contributed by atoms with van der Waals surface area (Å²) in [7, 11) is 0. The lowest BCUT2D eigenvalue weighted by Gasteiger charge is -2.11. The Bertz CT molecular complexity index is 1090. The zero-order valence-electron chi connectivity index (χ0n) is 14.2. The highest BCUT2D eigenvalue weighted by molar-refractivity contribution is 9.10. The van der Waals surface area contributed by atoms with Crippen molar-refractivity contribution in [1.29, 1.82) is 0 Å². The van der Waals surface area contributed by atoms with E-state index in [-0.39, 0.29) is 5.70 Å². The van der Waals surface area contributed by atoms with E-state index in [0.29, 0.717) is 12.4 Å². The molecule has 27 heavy (non-hydrogen) atoms. The van der Waals surface area contributed by atoms with Crippen LogP contribution in [-0.4, -0.2) is 11.9 Å². The van der Waals surface area contributed by atoms with E-state index in [4.69, 9.17) is 4.74 Å². The summed E-state index contributed by atoms with van der Waals surface area (Å²) in [6, 6.07) is 19.3. The highest BCUT2D eigenvalue weighted by Crippen LogP contribution is 2.29. The molecule has 0 aromatic heterocycles. The minimum Gasteiger partial charge on any atom is -0.488 e. The van der Waals surface area contributed by atoms with Crippen LogP contribution in [0.4, 0.5) is 4.79 Å². The van der Waals surface area contributed by atoms with Gasteiger partial charge in [-0.1, -0.05) is 48.5 Å². The van der Waals surface area contributed by atoms with Gasteiger partial charge in [0.25, 0.3) is 5.91 Å². The van der Waals surface area contributed by atoms with Gasteiger partial charge >= 0.3 is 6.03 Å². The van der Waals surface area contributed by atoms with E-state index in [9.17, 15) is 9.59 Å². The molecule has 4 rings (SSSR count). The van der Waals surface area contributed by atoms with Crippen LogP contribution in [0.25, 0.3) is 16.8 Å². The molecule has 1 aliphatic heterocycles. The maximum atomic E-state index is 11.6. The number of hydrogen-bond donors (Lipinski definition) is 2. The van der Waals surface area contributed by atoms with Gasteiger partial charge in [0.15, 0.2) is 0 Å². The van der Waals surface area contributed by atoms with Crippen molar-refractivity contribution in [2.75, 3.05) is 0 Å². The highest BCUT2D eigenvalue weighted by atomic mass is 79.9. The molecule has 1 fully saturated rings. The zero-order chi connectivity index (χ0) is 18.8. The standard InChI is InChI=1S/C21H15BrN2O3/c22-17-10-13(11-18-20(25)24-21(26)23-18)8-9-19(17)27-12-15-6-3-5-14-4-1-2-7-16(14)15/h1-11H,12H2,(H2,23,24,25,26)/b18-11-. The number of benzene rings is 3. The molecule has 3 aromatic carbocycles. The number of carbonyl (C=O) groups is 2. The smallest absolute Gasteiger partial charge is 0.326 e. The molecular formula is C21H15BrN2O3. The van der Waals surface area contributed by atoms with Gasteiger partial charge in [-0.25, -0.2) is 4.79 Å². The fourth-order valence-corrected chi connectivity index (χ4v) is 3.46. The topological polar surface area (TPSA) is 67.4 Å². The average molecular weight is 423 g/mol. The summed E-state index contributed by atoms with van der Waals surface area (Å²) in [6.07, 6.45) is 1.61. The van der Waals surface area contributed by atoms with Crippen LogP contribution in [0.15, 0.2) is 70.8 Å². The van der Waals surface area contributed by atoms with Gasteiger partial charge in [0, 0.05) is 0 Å². The molecule has 5 nitrogen and oxygen atoms in total. The minimum atomic E-state index is -0.514. The first kappa shape index (κ1) is 17.3. The lowest BCUT2D eigenvalue weighted by atomic mass is 10.1. The number of ether oxygens (including phenoxy) is 1. The summed E-state index contributed by atoms with van der Waals surface area (Å²) in [5.74, 6) is 0.261. The van der Waals surface area contributed by atoms with Crippen LogP contribution in [0.2, 0.25) is 0 Å². The summed E-state index contributed by atoms with van der Waals surface area (Å²) in [5.41, 5.74) is 2.10. The third-order valence-electron chi connectivity index (χ3n) is 4.25. The molecule has 134 valence electrons. The fraction of sp³-hybridized carbons (Fsp3) is 0.0476. The van der Waals surface area contributed by atoms with Crippen molar-refractivity contribution in [2.45, 2.75) is 6.61 Å². The Balaban J connectivity index is 1.52. The lowest BCUT2D eigenvalue weighted by Crippen LogP contribution is -2.22. The van der Waals surface area contributed by atoms with E-state index in [1.54, 1.807) is 6.08 Å². The molecule has 1 saturated heterocycles. The summed E-state index contributed by atoms with van der Waals surface area (Å²) >= 11 is 3.50. The van der Waals surface area contributed by atoms with Crippen LogP contribution in [0, 0.1) is 0 Å². The molecule has 0 bridgehead atoms. The number of carbonyl (C=O) groups excluding carboxylic acids is 2. The SMILES string of the molecule is O=C1NC(=O)/C(=C/c2ccc(OCc3cccc4ccccc34)c(Br)c2)N1. The van der Waals surface area contributed by atoms with Crippen molar-refractivity contribution in [3.63, 3.8) is 0 Å². The van der Waals surface area contributed by atoms with Crippen molar-refractivity contribution in [1.82, 2.24) is 10.6 Å². The molecule has 3 amide bonds. The van der Waals surface area contributed by atoms with E-state index in [2.05, 4.69) is 50.8 Å². The summed E-state index contributed by atoms with van der Waals surface area (Å²) in [6.45, 7) is 0.443. The molecule has 0 spiro atoms. The minimum absolute atomic E-state index is 0.219. The molecule has 0 aliphatic carbocycles. The molecule has 2 N–H and O–H groups in total. The quantitative estimate of drug-likeness (QED) is 0.484. The van der Waals surface area contributed by atoms with E-state index in [1.165, 1.54) is 10.8 Å². The Morgan fingerprint density at radius 1 is 0.963 bits per heavy atom. The van der Waals surface area contributed by atoms with Gasteiger partial charge < -0.3 is 10.1 Å². The van der Waals surface area contributed by atoms with Crippen molar-refractivity contribution >= 4 is 44.7 Å². The largest absolute Gasteiger partial charge is 0.488 e. The third kappa shape index (κ3) is 3.71. The first-order valence-electron chi connectivity index (χ1n) is 8.33. The molecule has 0 radical (unpaired) electrons. The summed E-state index contributed by atoms with van der Waals surface area (Å²) in [4.78, 5) is 22.8. The number of rotatable bonds is 4. The van der Waals surface area contributed by atoms with Crippen molar-refractivity contribution in [2.24, 2.45) is 0 Å². The predicted molar refractivity (Wildman–Crippen MR) is 107 cm³/mol. The van der Waals surface area contributed by atoms with E-state index >= 15 is 0 Å². The number of hydrogen-bond acceptors (Lipinski definition) is 3. The maximum Gasteiger partial charge on any atom is 0.326 e. The molecule has 6 heteroatoms. The Morgan fingerprint density at radius 2 is 1.78 bits per heavy atom. The Morgan fingerprint density at radius 3 is 2.56 bits per heavy atom. The maximum absolute atomic E-state index is 11.6. The van der Waals surface area contributed by atoms with E-state index in [0.717, 1.165) is 15.6 Å². The van der Waals surface area contributed by atoms with Crippen LogP contribution in [-0.2, 0) is 11.4 Å². The number of amides is 3. The first-order chi connectivity index (χ1) is 13.1. The third-order valence-corrected chi connectivity index (χ3v) is 4.87. The van der Waals surface area contributed by atoms with Gasteiger partial charge in [0.2, 0.25) is 0 Å². The number of imide groups is 1. The summed E-state index contributed by atoms with van der Waals surface area (Å²) in [5, 5.41) is 6.98. The Kier molecular flexibility index (Phi) is 4.64. The second-order valence-electron chi connectivity index (χ2n) is 6.08. The second-order valence-corrected chi connectivity index (χ2v) is 6.94. The molecular weight excluding hydrogens is 408 g/mol. The molecule has 0 unspecified atom stereocenters. The Hall–Kier alpha value is -3.12. The van der Waals surface area contributed by atoms with E-state index < -0.39 is 11.9 Å². The van der Waals surface area contributed by atoms with Crippen LogP contribution >= 0.6 is 15.9 Å². The average Bonchev–Trinajstić information content (AvgIpc) is 2.98. The van der Waals surface area contributed by atoms with Crippen LogP contribution in [0.1, 0.15) is 11.1 Å². The first-order valence-corrected chi connectivity index (χ1v) is 9.12. The molecule has 3 aromatic rings. The van der Waals surface area contributed by atoms with Crippen LogP contribution in [0.3, 0.4) is 0 Å². The summed E-state index contributed by atoms with van der Waals surface area (Å²) < 4.78 is 6.74. The number of fused-ring (bicyclic) bond motifs is 1. The number of halogens is 1. The van der Waals surface area contributed by atoms with Gasteiger partial charge in [0.1, 0.15) is 18.1 Å². The van der Waals surface area contributed by atoms with Gasteiger partial charge in [-0.3, -0.25) is 10.1 Å². The highest BCUT2D eigenvalue weighted by Gasteiger charge is 2.22. The van der Waals surface area contributed by atoms with Crippen molar-refractivity contribution in [3.05, 3.63) is 82.0 Å². The molecule has 0 atom stereocenters. The number of nitrogens with one attached hydrogen (secondary N) is 2. The van der Waals surface area contributed by atoms with Crippen molar-refractivity contribution in [3.8, 4) is 5.75 Å². The van der Waals surface area contributed by atoms with Crippen LogP contribution in [0.5, 0.6) is 5.75 Å². The molecule has 1 aliphatic rings. The van der Waals surface area contributed by atoms with E-state index in [1.807, 2.05) is 36.4 Å². The van der Waals surface area contributed by atoms with Gasteiger partial charge in [-0.2, -0.15) is 0 Å². The van der Waals surface area contributed by atoms with Gasteiger partial charge in [0.05, 0.1) is 4.47 Å². The second kappa shape index (κ2) is 7.25. The zero-order valence-corrected chi connectivity index (χ0v) is 15.7.